The van der Waals surface area contributed by atoms with Gasteiger partial charge < -0.3 is 4.52 Å². The molecule has 0 atom stereocenters. The monoisotopic (exact) mass is 638 g/mol. The molecule has 27 heavy (non-hydrogen) atoms. The second-order valence-corrected chi connectivity index (χ2v) is 10.1. The van der Waals surface area contributed by atoms with Gasteiger partial charge in [0.2, 0.25) is 0 Å². The molecule has 0 unspecified atom stereocenters. The highest BCUT2D eigenvalue weighted by molar-refractivity contribution is 9.13. The lowest BCUT2D eigenvalue weighted by Gasteiger charge is -2.18. The summed E-state index contributed by atoms with van der Waals surface area (Å²) in [7, 11) is -4.75. The predicted molar refractivity (Wildman–Crippen MR) is 121 cm³/mol. The Morgan fingerprint density at radius 2 is 1.22 bits per heavy atom. The number of phosphoric ester groups is 1. The van der Waals surface area contributed by atoms with Crippen LogP contribution in [-0.4, -0.2) is 9.79 Å². The minimum atomic E-state index is -4.75. The molecule has 4 nitrogen and oxygen atoms in total. The van der Waals surface area contributed by atoms with E-state index in [1.807, 2.05) is 48.5 Å². The fourth-order valence-electron chi connectivity index (χ4n) is 2.53. The molecule has 0 radical (unpaired) electrons. The van der Waals surface area contributed by atoms with Gasteiger partial charge in [0.25, 0.3) is 0 Å². The molecule has 0 amide bonds. The number of phosphoric acid groups is 1. The lowest BCUT2D eigenvalue weighted by molar-refractivity contribution is 0.283. The quantitative estimate of drug-likeness (QED) is 0.289. The van der Waals surface area contributed by atoms with Crippen molar-refractivity contribution in [3.8, 4) is 28.0 Å². The zero-order chi connectivity index (χ0) is 19.8. The Bertz CT molecular complexity index is 1030. The van der Waals surface area contributed by atoms with E-state index in [2.05, 4.69) is 63.7 Å². The van der Waals surface area contributed by atoms with E-state index in [0.29, 0.717) is 10.0 Å². The maximum Gasteiger partial charge on any atom is 0.524 e. The molecule has 0 aliphatic heterocycles. The molecule has 3 rings (SSSR count). The van der Waals surface area contributed by atoms with Crippen LogP contribution in [0.5, 0.6) is 5.75 Å². The van der Waals surface area contributed by atoms with Crippen molar-refractivity contribution < 1.29 is 18.9 Å². The van der Waals surface area contributed by atoms with Gasteiger partial charge in [-0.25, -0.2) is 4.57 Å². The van der Waals surface area contributed by atoms with Crippen molar-refractivity contribution in [3.63, 3.8) is 0 Å². The van der Waals surface area contributed by atoms with Crippen LogP contribution in [-0.2, 0) is 4.57 Å². The summed E-state index contributed by atoms with van der Waals surface area (Å²) in [6.07, 6.45) is 0. The fourth-order valence-corrected chi connectivity index (χ4v) is 4.64. The lowest BCUT2D eigenvalue weighted by Crippen LogP contribution is -1.96. The fraction of sp³-hybridized carbons (Fsp3) is 0. The third-order valence-electron chi connectivity index (χ3n) is 3.68. The van der Waals surface area contributed by atoms with E-state index >= 15 is 0 Å². The van der Waals surface area contributed by atoms with E-state index in [4.69, 9.17) is 4.52 Å². The van der Waals surface area contributed by atoms with Crippen molar-refractivity contribution in [2.75, 3.05) is 0 Å². The third kappa shape index (κ3) is 5.12. The molecule has 0 fully saturated rings. The number of halogens is 4. The number of benzene rings is 3. The summed E-state index contributed by atoms with van der Waals surface area (Å²) in [5.41, 5.74) is 2.89. The Morgan fingerprint density at radius 1 is 0.741 bits per heavy atom. The van der Waals surface area contributed by atoms with E-state index in [1.54, 1.807) is 6.07 Å². The highest BCUT2D eigenvalue weighted by Gasteiger charge is 2.24. The second-order valence-electron chi connectivity index (χ2n) is 5.52. The normalized spacial score (nSPS) is 11.5. The van der Waals surface area contributed by atoms with Crippen molar-refractivity contribution in [3.05, 3.63) is 72.5 Å². The van der Waals surface area contributed by atoms with Crippen molar-refractivity contribution in [2.24, 2.45) is 0 Å². The first-order valence-corrected chi connectivity index (χ1v) is 12.1. The van der Waals surface area contributed by atoms with Gasteiger partial charge in [0.1, 0.15) is 5.75 Å². The first-order chi connectivity index (χ1) is 12.7. The average molecular weight is 642 g/mol. The van der Waals surface area contributed by atoms with E-state index in [0.717, 1.165) is 30.1 Å². The molecule has 0 heterocycles. The van der Waals surface area contributed by atoms with Crippen LogP contribution >= 0.6 is 71.5 Å². The van der Waals surface area contributed by atoms with Gasteiger partial charge in [-0.15, -0.1) is 0 Å². The molecule has 0 spiro atoms. The molecule has 140 valence electrons. The maximum absolute atomic E-state index is 11.6. The summed E-state index contributed by atoms with van der Waals surface area (Å²) >= 11 is 13.9. The molecule has 9 heteroatoms. The summed E-state index contributed by atoms with van der Waals surface area (Å²) in [6.45, 7) is 0. The highest BCUT2D eigenvalue weighted by atomic mass is 79.9. The Hall–Kier alpha value is -0.470. The molecular weight excluding hydrogens is 631 g/mol. The number of hydrogen-bond acceptors (Lipinski definition) is 2. The largest absolute Gasteiger partial charge is 0.524 e. The van der Waals surface area contributed by atoms with E-state index in [9.17, 15) is 14.4 Å². The third-order valence-corrected chi connectivity index (χ3v) is 7.32. The van der Waals surface area contributed by atoms with Crippen LogP contribution in [0.25, 0.3) is 22.3 Å². The van der Waals surface area contributed by atoms with Crippen molar-refractivity contribution in [2.45, 2.75) is 0 Å². The smallest absolute Gasteiger partial charge is 0.404 e. The van der Waals surface area contributed by atoms with E-state index < -0.39 is 7.82 Å². The van der Waals surface area contributed by atoms with Gasteiger partial charge in [-0.05, 0) is 73.3 Å². The van der Waals surface area contributed by atoms with Crippen LogP contribution < -0.4 is 4.52 Å². The van der Waals surface area contributed by atoms with Crippen molar-refractivity contribution >= 4 is 71.5 Å². The first kappa shape index (κ1) is 21.2. The van der Waals surface area contributed by atoms with Crippen molar-refractivity contribution in [1.29, 1.82) is 0 Å². The Balaban J connectivity index is 2.26. The van der Waals surface area contributed by atoms with E-state index in [1.165, 1.54) is 0 Å². The summed E-state index contributed by atoms with van der Waals surface area (Å²) < 4.78 is 19.8. The van der Waals surface area contributed by atoms with Crippen LogP contribution in [0.2, 0.25) is 0 Å². The van der Waals surface area contributed by atoms with Crippen LogP contribution in [0.1, 0.15) is 0 Å². The zero-order valence-corrected chi connectivity index (χ0v) is 20.6. The van der Waals surface area contributed by atoms with Crippen LogP contribution in [0.3, 0.4) is 0 Å². The minimum Gasteiger partial charge on any atom is -0.404 e. The summed E-state index contributed by atoms with van der Waals surface area (Å²) in [6, 6.07) is 16.6. The number of hydrogen-bond donors (Lipinski definition) is 2. The molecule has 0 saturated heterocycles. The average Bonchev–Trinajstić information content (AvgIpc) is 2.59. The first-order valence-electron chi connectivity index (χ1n) is 7.45. The van der Waals surface area contributed by atoms with Gasteiger partial charge in [0.15, 0.2) is 0 Å². The van der Waals surface area contributed by atoms with Gasteiger partial charge >= 0.3 is 7.82 Å². The van der Waals surface area contributed by atoms with Crippen molar-refractivity contribution in [1.82, 2.24) is 0 Å². The Kier molecular flexibility index (Phi) is 6.68. The van der Waals surface area contributed by atoms with E-state index in [-0.39, 0.29) is 5.75 Å². The van der Waals surface area contributed by atoms with Gasteiger partial charge in [-0.2, -0.15) is 0 Å². The standard InChI is InChI=1S/C18H11Br4O4P/c19-12-5-1-10(2-6-12)14-9-15(26-27(23,24)25)16(18(22)17(14)21)11-3-7-13(20)8-4-11/h1-9H,(H2,23,24,25). The van der Waals surface area contributed by atoms with Crippen LogP contribution in [0.4, 0.5) is 0 Å². The SMILES string of the molecule is O=P(O)(O)Oc1cc(-c2ccc(Br)cc2)c(Br)c(Br)c1-c1ccc(Br)cc1. The predicted octanol–water partition coefficient (Wildman–Crippen LogP) is 7.54. The van der Waals surface area contributed by atoms with Gasteiger partial charge in [-0.1, -0.05) is 56.1 Å². The Labute approximate surface area is 189 Å². The van der Waals surface area contributed by atoms with Gasteiger partial charge in [0, 0.05) is 29.0 Å². The summed E-state index contributed by atoms with van der Waals surface area (Å²) in [4.78, 5) is 18.8. The molecule has 3 aromatic rings. The molecule has 0 aromatic heterocycles. The molecule has 0 bridgehead atoms. The molecule has 0 saturated carbocycles. The maximum atomic E-state index is 11.6. The number of rotatable bonds is 4. The highest BCUT2D eigenvalue weighted by Crippen LogP contribution is 2.50. The zero-order valence-electron chi connectivity index (χ0n) is 13.4. The Morgan fingerprint density at radius 3 is 1.70 bits per heavy atom. The molecule has 0 aliphatic rings. The molecule has 0 aliphatic carbocycles. The minimum absolute atomic E-state index is 0.0821. The topological polar surface area (TPSA) is 66.8 Å². The van der Waals surface area contributed by atoms with Crippen LogP contribution in [0, 0.1) is 0 Å². The van der Waals surface area contributed by atoms with Gasteiger partial charge in [-0.3, -0.25) is 9.79 Å². The second kappa shape index (κ2) is 8.49. The molecular formula is C18H11Br4O4P. The molecule has 3 aromatic carbocycles. The summed E-state index contributed by atoms with van der Waals surface area (Å²) in [5.74, 6) is 0.0821. The van der Waals surface area contributed by atoms with Gasteiger partial charge in [0.05, 0.1) is 0 Å². The molecule has 2 N–H and O–H groups in total. The lowest BCUT2D eigenvalue weighted by atomic mass is 9.99. The summed E-state index contributed by atoms with van der Waals surface area (Å²) in [5, 5.41) is 0. The van der Waals surface area contributed by atoms with Crippen LogP contribution in [0.15, 0.2) is 72.5 Å².